The number of benzene rings is 1. The van der Waals surface area contributed by atoms with Crippen molar-refractivity contribution in [3.05, 3.63) is 59.4 Å². The molecule has 4 nitrogen and oxygen atoms in total. The molecular formula is C20H18F3N3OS. The van der Waals surface area contributed by atoms with E-state index in [1.54, 1.807) is 0 Å². The van der Waals surface area contributed by atoms with E-state index in [-0.39, 0.29) is 17.7 Å². The third-order valence-corrected chi connectivity index (χ3v) is 5.99. The molecular weight excluding hydrogens is 387 g/mol. The van der Waals surface area contributed by atoms with Crippen LogP contribution in [0.1, 0.15) is 29.8 Å². The Kier molecular flexibility index (Phi) is 4.82. The van der Waals surface area contributed by atoms with Gasteiger partial charge in [0.2, 0.25) is 5.91 Å². The van der Waals surface area contributed by atoms with Gasteiger partial charge in [0.1, 0.15) is 0 Å². The number of para-hydroxylation sites is 1. The SMILES string of the molecule is CC1c2[nH]c3ccccc3c2CCN1C(=O)CSc1ccc(C(F)(F)F)cn1. The van der Waals surface area contributed by atoms with Crippen molar-refractivity contribution in [3.8, 4) is 0 Å². The molecule has 3 aromatic rings. The molecule has 0 spiro atoms. The van der Waals surface area contributed by atoms with Gasteiger partial charge >= 0.3 is 6.18 Å². The van der Waals surface area contributed by atoms with Gasteiger partial charge in [-0.15, -0.1) is 0 Å². The number of fused-ring (bicyclic) bond motifs is 3. The number of amides is 1. The van der Waals surface area contributed by atoms with Crippen molar-refractivity contribution in [2.45, 2.75) is 30.6 Å². The summed E-state index contributed by atoms with van der Waals surface area (Å²) in [6, 6.07) is 10.3. The minimum Gasteiger partial charge on any atom is -0.356 e. The smallest absolute Gasteiger partial charge is 0.356 e. The van der Waals surface area contributed by atoms with E-state index in [0.717, 1.165) is 41.7 Å². The van der Waals surface area contributed by atoms with Crippen molar-refractivity contribution in [2.24, 2.45) is 0 Å². The Balaban J connectivity index is 1.44. The Bertz CT molecular complexity index is 1010. The Morgan fingerprint density at radius 1 is 1.29 bits per heavy atom. The van der Waals surface area contributed by atoms with E-state index >= 15 is 0 Å². The van der Waals surface area contributed by atoms with Crippen molar-refractivity contribution in [2.75, 3.05) is 12.3 Å². The summed E-state index contributed by atoms with van der Waals surface area (Å²) in [4.78, 5) is 21.8. The second-order valence-corrected chi connectivity index (χ2v) is 7.74. The Hall–Kier alpha value is -2.48. The zero-order chi connectivity index (χ0) is 19.9. The van der Waals surface area contributed by atoms with Gasteiger partial charge in [0, 0.05) is 29.3 Å². The van der Waals surface area contributed by atoms with Crippen molar-refractivity contribution in [1.82, 2.24) is 14.9 Å². The molecule has 1 N–H and O–H groups in total. The molecule has 2 aromatic heterocycles. The molecule has 0 aliphatic carbocycles. The third-order valence-electron chi connectivity index (χ3n) is 5.06. The van der Waals surface area contributed by atoms with Crippen LogP contribution < -0.4 is 0 Å². The number of thioether (sulfide) groups is 1. The van der Waals surface area contributed by atoms with Gasteiger partial charge in [0.05, 0.1) is 22.4 Å². The topological polar surface area (TPSA) is 49.0 Å². The summed E-state index contributed by atoms with van der Waals surface area (Å²) in [5.41, 5.74) is 2.58. The molecule has 3 heterocycles. The van der Waals surface area contributed by atoms with Gasteiger partial charge in [0.15, 0.2) is 0 Å². The van der Waals surface area contributed by atoms with E-state index in [4.69, 9.17) is 0 Å². The summed E-state index contributed by atoms with van der Waals surface area (Å²) < 4.78 is 37.8. The molecule has 28 heavy (non-hydrogen) atoms. The molecule has 4 rings (SSSR count). The van der Waals surface area contributed by atoms with Crippen LogP contribution in [0.2, 0.25) is 0 Å². The van der Waals surface area contributed by atoms with Gasteiger partial charge in [-0.3, -0.25) is 4.79 Å². The van der Waals surface area contributed by atoms with E-state index in [1.165, 1.54) is 17.0 Å². The second kappa shape index (κ2) is 7.16. The lowest BCUT2D eigenvalue weighted by molar-refractivity contribution is -0.138. The zero-order valence-corrected chi connectivity index (χ0v) is 15.9. The normalized spacial score (nSPS) is 17.0. The highest BCUT2D eigenvalue weighted by Crippen LogP contribution is 2.35. The third kappa shape index (κ3) is 3.48. The number of nitrogens with zero attached hydrogens (tertiary/aromatic N) is 2. The Morgan fingerprint density at radius 3 is 2.79 bits per heavy atom. The maximum Gasteiger partial charge on any atom is 0.417 e. The fourth-order valence-electron chi connectivity index (χ4n) is 3.62. The van der Waals surface area contributed by atoms with E-state index in [1.807, 2.05) is 30.0 Å². The van der Waals surface area contributed by atoms with Crippen LogP contribution in [-0.4, -0.2) is 33.1 Å². The molecule has 1 aliphatic rings. The highest BCUT2D eigenvalue weighted by Gasteiger charge is 2.31. The number of hydrogen-bond acceptors (Lipinski definition) is 3. The summed E-state index contributed by atoms with van der Waals surface area (Å²) in [6.07, 6.45) is -2.84. The van der Waals surface area contributed by atoms with Gasteiger partial charge in [-0.25, -0.2) is 4.98 Å². The molecule has 0 radical (unpaired) electrons. The van der Waals surface area contributed by atoms with Crippen LogP contribution in [0, 0.1) is 0 Å². The number of halogens is 3. The molecule has 1 unspecified atom stereocenters. The Morgan fingerprint density at radius 2 is 2.07 bits per heavy atom. The lowest BCUT2D eigenvalue weighted by Gasteiger charge is -2.33. The number of carbonyl (C=O) groups excluding carboxylic acids is 1. The molecule has 0 saturated heterocycles. The van der Waals surface area contributed by atoms with Gasteiger partial charge in [-0.05, 0) is 37.1 Å². The molecule has 0 bridgehead atoms. The van der Waals surface area contributed by atoms with Crippen LogP contribution in [0.3, 0.4) is 0 Å². The van der Waals surface area contributed by atoms with Gasteiger partial charge in [-0.1, -0.05) is 30.0 Å². The predicted molar refractivity (Wildman–Crippen MR) is 102 cm³/mol. The first kappa shape index (κ1) is 18.9. The lowest BCUT2D eigenvalue weighted by Crippen LogP contribution is -2.39. The highest BCUT2D eigenvalue weighted by atomic mass is 32.2. The first-order chi connectivity index (χ1) is 13.3. The molecule has 1 atom stereocenters. The van der Waals surface area contributed by atoms with Crippen molar-refractivity contribution < 1.29 is 18.0 Å². The van der Waals surface area contributed by atoms with Crippen LogP contribution in [0.25, 0.3) is 10.9 Å². The van der Waals surface area contributed by atoms with Gasteiger partial charge in [0.25, 0.3) is 0 Å². The average Bonchev–Trinajstić information content (AvgIpc) is 3.06. The monoisotopic (exact) mass is 405 g/mol. The predicted octanol–water partition coefficient (Wildman–Crippen LogP) is 4.82. The second-order valence-electron chi connectivity index (χ2n) is 6.75. The summed E-state index contributed by atoms with van der Waals surface area (Å²) >= 11 is 1.15. The number of aromatic nitrogens is 2. The van der Waals surface area contributed by atoms with Crippen LogP contribution in [0.5, 0.6) is 0 Å². The Labute approximate surface area is 164 Å². The van der Waals surface area contributed by atoms with Crippen molar-refractivity contribution >= 4 is 28.6 Å². The van der Waals surface area contributed by atoms with E-state index in [0.29, 0.717) is 11.6 Å². The summed E-state index contributed by atoms with van der Waals surface area (Å²) in [6.45, 7) is 2.61. The number of hydrogen-bond donors (Lipinski definition) is 1. The maximum absolute atomic E-state index is 12.7. The highest BCUT2D eigenvalue weighted by molar-refractivity contribution is 7.99. The molecule has 0 fully saturated rings. The minimum atomic E-state index is -4.41. The number of rotatable bonds is 3. The first-order valence-electron chi connectivity index (χ1n) is 8.89. The molecule has 1 amide bonds. The van der Waals surface area contributed by atoms with Crippen LogP contribution in [0.15, 0.2) is 47.6 Å². The summed E-state index contributed by atoms with van der Waals surface area (Å²) in [5, 5.41) is 1.59. The number of H-pyrrole nitrogens is 1. The standard InChI is InChI=1S/C20H18F3N3OS/c1-12-19-15(14-4-2-3-5-16(14)25-19)8-9-26(12)18(27)11-28-17-7-6-13(10-24-17)20(21,22)23/h2-7,10,12,25H,8-9,11H2,1H3. The van der Waals surface area contributed by atoms with Crippen molar-refractivity contribution in [1.29, 1.82) is 0 Å². The molecule has 0 saturated carbocycles. The summed E-state index contributed by atoms with van der Waals surface area (Å²) in [5.74, 6) is 0.0849. The average molecular weight is 405 g/mol. The number of carbonyl (C=O) groups is 1. The van der Waals surface area contributed by atoms with Gasteiger partial charge < -0.3 is 9.88 Å². The fraction of sp³-hybridized carbons (Fsp3) is 0.300. The molecule has 1 aromatic carbocycles. The number of alkyl halides is 3. The first-order valence-corrected chi connectivity index (χ1v) is 9.88. The van der Waals surface area contributed by atoms with Crippen molar-refractivity contribution in [3.63, 3.8) is 0 Å². The van der Waals surface area contributed by atoms with Gasteiger partial charge in [-0.2, -0.15) is 13.2 Å². The number of aromatic amines is 1. The maximum atomic E-state index is 12.7. The summed E-state index contributed by atoms with van der Waals surface area (Å²) in [7, 11) is 0. The van der Waals surface area contributed by atoms with Crippen LogP contribution in [0.4, 0.5) is 13.2 Å². The molecule has 8 heteroatoms. The zero-order valence-electron chi connectivity index (χ0n) is 15.1. The van der Waals surface area contributed by atoms with Crippen LogP contribution in [-0.2, 0) is 17.4 Å². The fourth-order valence-corrected chi connectivity index (χ4v) is 4.35. The number of nitrogens with one attached hydrogen (secondary N) is 1. The molecule has 146 valence electrons. The van der Waals surface area contributed by atoms with E-state index < -0.39 is 11.7 Å². The molecule has 1 aliphatic heterocycles. The largest absolute Gasteiger partial charge is 0.417 e. The minimum absolute atomic E-state index is 0.0523. The number of pyridine rings is 1. The van der Waals surface area contributed by atoms with E-state index in [9.17, 15) is 18.0 Å². The quantitative estimate of drug-likeness (QED) is 0.636. The van der Waals surface area contributed by atoms with Crippen LogP contribution >= 0.6 is 11.8 Å². The van der Waals surface area contributed by atoms with E-state index in [2.05, 4.69) is 16.0 Å². The lowest BCUT2D eigenvalue weighted by atomic mass is 9.98.